The molecule has 1 aromatic heterocycles. The Bertz CT molecular complexity index is 491. The van der Waals surface area contributed by atoms with Crippen LogP contribution in [-0.4, -0.2) is 11.5 Å². The number of aryl methyl sites for hydroxylation is 2. The SMILES string of the molecule is CCCNC(CCc1ccncc1)c1ccc(C)cc1. The Morgan fingerprint density at radius 1 is 1.05 bits per heavy atom. The summed E-state index contributed by atoms with van der Waals surface area (Å²) >= 11 is 0. The molecule has 1 aromatic carbocycles. The molecule has 2 rings (SSSR count). The Labute approximate surface area is 122 Å². The minimum absolute atomic E-state index is 0.434. The van der Waals surface area contributed by atoms with Crippen molar-refractivity contribution in [2.75, 3.05) is 6.54 Å². The van der Waals surface area contributed by atoms with Crippen LogP contribution >= 0.6 is 0 Å². The van der Waals surface area contributed by atoms with Crippen LogP contribution in [0.3, 0.4) is 0 Å². The van der Waals surface area contributed by atoms with E-state index < -0.39 is 0 Å². The van der Waals surface area contributed by atoms with Gasteiger partial charge in [0.2, 0.25) is 0 Å². The van der Waals surface area contributed by atoms with Crippen LogP contribution in [0.4, 0.5) is 0 Å². The predicted molar refractivity (Wildman–Crippen MR) is 84.8 cm³/mol. The summed E-state index contributed by atoms with van der Waals surface area (Å²) in [5, 5.41) is 3.66. The first-order valence-electron chi connectivity index (χ1n) is 7.48. The van der Waals surface area contributed by atoms with Crippen LogP contribution < -0.4 is 5.32 Å². The number of aromatic nitrogens is 1. The number of pyridine rings is 1. The minimum atomic E-state index is 0.434. The van der Waals surface area contributed by atoms with Gasteiger partial charge in [-0.2, -0.15) is 0 Å². The van der Waals surface area contributed by atoms with Gasteiger partial charge in [-0.3, -0.25) is 4.98 Å². The molecule has 0 spiro atoms. The van der Waals surface area contributed by atoms with E-state index in [9.17, 15) is 0 Å². The van der Waals surface area contributed by atoms with E-state index in [1.54, 1.807) is 0 Å². The van der Waals surface area contributed by atoms with E-state index in [-0.39, 0.29) is 0 Å². The van der Waals surface area contributed by atoms with Gasteiger partial charge in [-0.25, -0.2) is 0 Å². The van der Waals surface area contributed by atoms with Crippen molar-refractivity contribution in [2.45, 2.75) is 39.2 Å². The second kappa shape index (κ2) is 7.81. The average Bonchev–Trinajstić information content (AvgIpc) is 2.50. The molecule has 0 fully saturated rings. The van der Waals surface area contributed by atoms with E-state index in [2.05, 4.69) is 60.5 Å². The number of hydrogen-bond donors (Lipinski definition) is 1. The van der Waals surface area contributed by atoms with Gasteiger partial charge in [0, 0.05) is 18.4 Å². The van der Waals surface area contributed by atoms with Crippen LogP contribution in [-0.2, 0) is 6.42 Å². The molecular weight excluding hydrogens is 244 g/mol. The molecule has 0 amide bonds. The van der Waals surface area contributed by atoms with Gasteiger partial charge in [0.1, 0.15) is 0 Å². The highest BCUT2D eigenvalue weighted by Gasteiger charge is 2.10. The zero-order valence-electron chi connectivity index (χ0n) is 12.5. The third kappa shape index (κ3) is 4.46. The molecule has 1 atom stereocenters. The lowest BCUT2D eigenvalue weighted by atomic mass is 9.98. The quantitative estimate of drug-likeness (QED) is 0.819. The first-order chi connectivity index (χ1) is 9.79. The Balaban J connectivity index is 2.01. The summed E-state index contributed by atoms with van der Waals surface area (Å²) in [7, 11) is 0. The van der Waals surface area contributed by atoms with E-state index in [0.29, 0.717) is 6.04 Å². The molecule has 0 aliphatic carbocycles. The fraction of sp³-hybridized carbons (Fsp3) is 0.389. The molecule has 1 N–H and O–H groups in total. The van der Waals surface area contributed by atoms with Gasteiger partial charge in [-0.15, -0.1) is 0 Å². The summed E-state index contributed by atoms with van der Waals surface area (Å²) in [5.74, 6) is 0. The molecule has 0 saturated carbocycles. The second-order valence-corrected chi connectivity index (χ2v) is 5.31. The molecule has 0 radical (unpaired) electrons. The van der Waals surface area contributed by atoms with E-state index >= 15 is 0 Å². The Morgan fingerprint density at radius 3 is 2.40 bits per heavy atom. The van der Waals surface area contributed by atoms with Crippen LogP contribution in [0.1, 0.15) is 42.5 Å². The molecule has 0 saturated heterocycles. The maximum atomic E-state index is 4.07. The highest BCUT2D eigenvalue weighted by molar-refractivity contribution is 5.24. The first-order valence-corrected chi connectivity index (χ1v) is 7.48. The molecule has 1 unspecified atom stereocenters. The van der Waals surface area contributed by atoms with Crippen LogP contribution in [0.15, 0.2) is 48.8 Å². The highest BCUT2D eigenvalue weighted by atomic mass is 14.9. The molecule has 0 aliphatic heterocycles. The van der Waals surface area contributed by atoms with E-state index in [0.717, 1.165) is 25.8 Å². The van der Waals surface area contributed by atoms with E-state index in [1.807, 2.05) is 12.4 Å². The van der Waals surface area contributed by atoms with Gasteiger partial charge in [-0.1, -0.05) is 36.8 Å². The first kappa shape index (κ1) is 14.7. The summed E-state index contributed by atoms with van der Waals surface area (Å²) in [4.78, 5) is 4.07. The van der Waals surface area contributed by atoms with Crippen molar-refractivity contribution < 1.29 is 0 Å². The summed E-state index contributed by atoms with van der Waals surface area (Å²) in [5.41, 5.74) is 4.06. The lowest BCUT2D eigenvalue weighted by Gasteiger charge is -2.19. The fourth-order valence-corrected chi connectivity index (χ4v) is 2.36. The fourth-order valence-electron chi connectivity index (χ4n) is 2.36. The molecular formula is C18H24N2. The summed E-state index contributed by atoms with van der Waals surface area (Å²) in [6.07, 6.45) is 7.11. The monoisotopic (exact) mass is 268 g/mol. The zero-order valence-corrected chi connectivity index (χ0v) is 12.5. The molecule has 106 valence electrons. The third-order valence-corrected chi connectivity index (χ3v) is 3.59. The lowest BCUT2D eigenvalue weighted by Crippen LogP contribution is -2.22. The summed E-state index contributed by atoms with van der Waals surface area (Å²) < 4.78 is 0. The van der Waals surface area contributed by atoms with E-state index in [4.69, 9.17) is 0 Å². The predicted octanol–water partition coefficient (Wildman–Crippen LogP) is 4.06. The molecule has 0 bridgehead atoms. The minimum Gasteiger partial charge on any atom is -0.310 e. The number of nitrogens with zero attached hydrogens (tertiary/aromatic N) is 1. The highest BCUT2D eigenvalue weighted by Crippen LogP contribution is 2.19. The van der Waals surface area contributed by atoms with Gasteiger partial charge in [-0.05, 0) is 56.0 Å². The van der Waals surface area contributed by atoms with Gasteiger partial charge in [0.25, 0.3) is 0 Å². The van der Waals surface area contributed by atoms with Gasteiger partial charge >= 0.3 is 0 Å². The maximum Gasteiger partial charge on any atom is 0.0323 e. The van der Waals surface area contributed by atoms with Gasteiger partial charge in [0.05, 0.1) is 0 Å². The lowest BCUT2D eigenvalue weighted by molar-refractivity contribution is 0.499. The van der Waals surface area contributed by atoms with Crippen molar-refractivity contribution in [1.82, 2.24) is 10.3 Å². The topological polar surface area (TPSA) is 24.9 Å². The molecule has 2 aromatic rings. The maximum absolute atomic E-state index is 4.07. The van der Waals surface area contributed by atoms with Crippen LogP contribution in [0.2, 0.25) is 0 Å². The number of rotatable bonds is 7. The van der Waals surface area contributed by atoms with Crippen molar-refractivity contribution in [3.05, 3.63) is 65.5 Å². The smallest absolute Gasteiger partial charge is 0.0323 e. The standard InChI is InChI=1S/C18H24N2/c1-3-12-20-18(17-7-4-15(2)5-8-17)9-6-16-10-13-19-14-11-16/h4-5,7-8,10-11,13-14,18,20H,3,6,9,12H2,1-2H3. The molecule has 2 heteroatoms. The summed E-state index contributed by atoms with van der Waals surface area (Å²) in [6, 6.07) is 13.5. The average molecular weight is 268 g/mol. The normalized spacial score (nSPS) is 12.3. The zero-order chi connectivity index (χ0) is 14.2. The Morgan fingerprint density at radius 2 is 1.75 bits per heavy atom. The largest absolute Gasteiger partial charge is 0.310 e. The van der Waals surface area contributed by atoms with Crippen LogP contribution in [0, 0.1) is 6.92 Å². The van der Waals surface area contributed by atoms with Gasteiger partial charge < -0.3 is 5.32 Å². The third-order valence-electron chi connectivity index (χ3n) is 3.59. The van der Waals surface area contributed by atoms with Crippen molar-refractivity contribution in [3.63, 3.8) is 0 Å². The van der Waals surface area contributed by atoms with Crippen molar-refractivity contribution in [3.8, 4) is 0 Å². The Kier molecular flexibility index (Phi) is 5.75. The second-order valence-electron chi connectivity index (χ2n) is 5.31. The van der Waals surface area contributed by atoms with Crippen molar-refractivity contribution >= 4 is 0 Å². The molecule has 2 nitrogen and oxygen atoms in total. The van der Waals surface area contributed by atoms with Crippen molar-refractivity contribution in [2.24, 2.45) is 0 Å². The Hall–Kier alpha value is -1.67. The number of nitrogens with one attached hydrogen (secondary N) is 1. The number of benzene rings is 1. The van der Waals surface area contributed by atoms with Gasteiger partial charge in [0.15, 0.2) is 0 Å². The summed E-state index contributed by atoms with van der Waals surface area (Å²) in [6.45, 7) is 5.41. The van der Waals surface area contributed by atoms with Crippen molar-refractivity contribution in [1.29, 1.82) is 0 Å². The number of hydrogen-bond acceptors (Lipinski definition) is 2. The van der Waals surface area contributed by atoms with Crippen LogP contribution in [0.5, 0.6) is 0 Å². The molecule has 1 heterocycles. The molecule has 0 aliphatic rings. The van der Waals surface area contributed by atoms with Crippen LogP contribution in [0.25, 0.3) is 0 Å². The molecule has 20 heavy (non-hydrogen) atoms. The van der Waals surface area contributed by atoms with E-state index in [1.165, 1.54) is 16.7 Å².